The maximum Gasteiger partial charge on any atom is 0.359 e. The van der Waals surface area contributed by atoms with Crippen molar-refractivity contribution in [2.75, 3.05) is 20.8 Å². The van der Waals surface area contributed by atoms with E-state index in [0.717, 1.165) is 11.3 Å². The van der Waals surface area contributed by atoms with Gasteiger partial charge < -0.3 is 19.9 Å². The Balaban J connectivity index is 2.85. The van der Waals surface area contributed by atoms with E-state index in [4.69, 9.17) is 25.8 Å². The summed E-state index contributed by atoms with van der Waals surface area (Å²) >= 11 is 0. The summed E-state index contributed by atoms with van der Waals surface area (Å²) in [7, 11) is 2.98. The molecule has 0 atom stereocenters. The van der Waals surface area contributed by atoms with Gasteiger partial charge in [-0.1, -0.05) is 12.1 Å². The lowest BCUT2D eigenvalue weighted by molar-refractivity contribution is -0.139. The molecule has 0 aliphatic carbocycles. The number of hydrogen-bond donors (Lipinski definition) is 2. The molecule has 116 valence electrons. The Bertz CT molecular complexity index is 499. The molecular weight excluding hydrogens is 274 g/mol. The topological polar surface area (TPSA) is 100 Å². The van der Waals surface area contributed by atoms with Crippen LogP contribution in [0.15, 0.2) is 35.8 Å². The van der Waals surface area contributed by atoms with E-state index in [1.54, 1.807) is 14.0 Å². The quantitative estimate of drug-likeness (QED) is 0.251. The highest BCUT2D eigenvalue weighted by Gasteiger charge is 2.18. The van der Waals surface area contributed by atoms with Crippen LogP contribution in [0, 0.1) is 0 Å². The first-order chi connectivity index (χ1) is 10.0. The zero-order valence-electron chi connectivity index (χ0n) is 12.5. The van der Waals surface area contributed by atoms with Gasteiger partial charge in [0.05, 0.1) is 27.4 Å². The van der Waals surface area contributed by atoms with Crippen molar-refractivity contribution in [1.29, 1.82) is 0 Å². The van der Waals surface area contributed by atoms with Crippen LogP contribution in [-0.4, -0.2) is 31.8 Å². The van der Waals surface area contributed by atoms with Gasteiger partial charge in [-0.25, -0.2) is 10.6 Å². The lowest BCUT2D eigenvalue weighted by Gasteiger charge is -2.22. The van der Waals surface area contributed by atoms with Crippen LogP contribution in [0.4, 0.5) is 0 Å². The van der Waals surface area contributed by atoms with E-state index in [2.05, 4.69) is 0 Å². The molecule has 0 aliphatic heterocycles. The maximum atomic E-state index is 11.6. The van der Waals surface area contributed by atoms with Crippen LogP contribution in [-0.2, 0) is 20.8 Å². The minimum atomic E-state index is -0.667. The first-order valence-corrected chi connectivity index (χ1v) is 6.39. The lowest BCUT2D eigenvalue weighted by atomic mass is 10.2. The zero-order chi connectivity index (χ0) is 15.8. The first kappa shape index (κ1) is 16.6. The van der Waals surface area contributed by atoms with Crippen molar-refractivity contribution < 1.29 is 19.0 Å². The second-order valence-electron chi connectivity index (χ2n) is 4.12. The lowest BCUT2D eigenvalue weighted by Crippen LogP contribution is -2.34. The molecule has 1 rings (SSSR count). The van der Waals surface area contributed by atoms with Gasteiger partial charge in [-0.2, -0.15) is 0 Å². The predicted octanol–water partition coefficient (Wildman–Crippen LogP) is 0.708. The average Bonchev–Trinajstić information content (AvgIpc) is 2.48. The minimum Gasteiger partial charge on any atom is -0.497 e. The summed E-state index contributed by atoms with van der Waals surface area (Å²) in [6.45, 7) is 2.22. The molecule has 0 aromatic heterocycles. The third-order valence-electron chi connectivity index (χ3n) is 2.69. The Morgan fingerprint density at radius 2 is 1.86 bits per heavy atom. The predicted molar refractivity (Wildman–Crippen MR) is 77.6 cm³/mol. The van der Waals surface area contributed by atoms with Crippen molar-refractivity contribution in [2.45, 2.75) is 13.5 Å². The fraction of sp³-hybridized carbons (Fsp3) is 0.357. The number of benzene rings is 1. The van der Waals surface area contributed by atoms with E-state index in [-0.39, 0.29) is 18.2 Å². The SMILES string of the molecule is CCOC(=O)/C(N)=C(\OC)N(N)Cc1ccc(OC)cc1. The van der Waals surface area contributed by atoms with Crippen molar-refractivity contribution in [2.24, 2.45) is 11.6 Å². The van der Waals surface area contributed by atoms with Gasteiger partial charge in [-0.3, -0.25) is 5.01 Å². The van der Waals surface area contributed by atoms with Crippen LogP contribution in [0.5, 0.6) is 5.75 Å². The fourth-order valence-corrected chi connectivity index (χ4v) is 1.68. The first-order valence-electron chi connectivity index (χ1n) is 6.39. The molecule has 1 aromatic carbocycles. The number of methoxy groups -OCH3 is 2. The van der Waals surface area contributed by atoms with E-state index < -0.39 is 5.97 Å². The summed E-state index contributed by atoms with van der Waals surface area (Å²) in [5.41, 5.74) is 6.43. The molecule has 7 nitrogen and oxygen atoms in total. The van der Waals surface area contributed by atoms with E-state index in [1.165, 1.54) is 12.1 Å². The van der Waals surface area contributed by atoms with Gasteiger partial charge in [-0.05, 0) is 24.6 Å². The highest BCUT2D eigenvalue weighted by Crippen LogP contribution is 2.14. The summed E-state index contributed by atoms with van der Waals surface area (Å²) in [5, 5.41) is 1.24. The van der Waals surface area contributed by atoms with E-state index >= 15 is 0 Å². The molecule has 0 unspecified atom stereocenters. The third kappa shape index (κ3) is 4.57. The molecule has 4 N–H and O–H groups in total. The van der Waals surface area contributed by atoms with Crippen molar-refractivity contribution in [3.05, 3.63) is 41.4 Å². The highest BCUT2D eigenvalue weighted by atomic mass is 16.5. The number of carbonyl (C=O) groups excluding carboxylic acids is 1. The molecule has 0 radical (unpaired) electrons. The van der Waals surface area contributed by atoms with Crippen LogP contribution < -0.4 is 16.3 Å². The number of nitrogens with two attached hydrogens (primary N) is 2. The van der Waals surface area contributed by atoms with Gasteiger partial charge in [0, 0.05) is 0 Å². The molecule has 0 heterocycles. The van der Waals surface area contributed by atoms with Gasteiger partial charge in [0.2, 0.25) is 5.88 Å². The smallest absolute Gasteiger partial charge is 0.359 e. The van der Waals surface area contributed by atoms with Crippen molar-refractivity contribution >= 4 is 5.97 Å². The van der Waals surface area contributed by atoms with Crippen LogP contribution in [0.2, 0.25) is 0 Å². The maximum absolute atomic E-state index is 11.6. The van der Waals surface area contributed by atoms with Crippen molar-refractivity contribution in [3.63, 3.8) is 0 Å². The summed E-state index contributed by atoms with van der Waals surface area (Å²) in [5.74, 6) is 6.04. The van der Waals surface area contributed by atoms with E-state index in [1.807, 2.05) is 24.3 Å². The van der Waals surface area contributed by atoms with Crippen LogP contribution in [0.1, 0.15) is 12.5 Å². The molecule has 0 aliphatic rings. The highest BCUT2D eigenvalue weighted by molar-refractivity contribution is 5.87. The molecule has 0 amide bonds. The Labute approximate surface area is 124 Å². The fourth-order valence-electron chi connectivity index (χ4n) is 1.68. The Hall–Kier alpha value is -2.41. The Morgan fingerprint density at radius 3 is 2.33 bits per heavy atom. The molecule has 0 spiro atoms. The minimum absolute atomic E-state index is 0.0595. The molecule has 0 saturated heterocycles. The largest absolute Gasteiger partial charge is 0.497 e. The van der Waals surface area contributed by atoms with Gasteiger partial charge in [0.25, 0.3) is 0 Å². The number of carbonyl (C=O) groups is 1. The van der Waals surface area contributed by atoms with Crippen molar-refractivity contribution in [1.82, 2.24) is 5.01 Å². The summed E-state index contributed by atoms with van der Waals surface area (Å²) in [6.07, 6.45) is 0. The van der Waals surface area contributed by atoms with E-state index in [9.17, 15) is 4.79 Å². The molecule has 1 aromatic rings. The average molecular weight is 295 g/mol. The third-order valence-corrected chi connectivity index (χ3v) is 2.69. The molecular formula is C14H21N3O4. The molecule has 0 bridgehead atoms. The van der Waals surface area contributed by atoms with E-state index in [0.29, 0.717) is 6.54 Å². The Kier molecular flexibility index (Phi) is 6.35. The van der Waals surface area contributed by atoms with Gasteiger partial charge in [-0.15, -0.1) is 0 Å². The monoisotopic (exact) mass is 295 g/mol. The number of hydrazine groups is 1. The summed E-state index contributed by atoms with van der Waals surface area (Å²) in [6, 6.07) is 7.33. The number of esters is 1. The van der Waals surface area contributed by atoms with Crippen LogP contribution in [0.3, 0.4) is 0 Å². The number of rotatable bonds is 7. The number of ether oxygens (including phenoxy) is 3. The van der Waals surface area contributed by atoms with Crippen LogP contribution in [0.25, 0.3) is 0 Å². The van der Waals surface area contributed by atoms with Gasteiger partial charge >= 0.3 is 5.97 Å². The van der Waals surface area contributed by atoms with Gasteiger partial charge in [0.15, 0.2) is 5.70 Å². The summed E-state index contributed by atoms with van der Waals surface area (Å²) < 4.78 is 15.0. The summed E-state index contributed by atoms with van der Waals surface area (Å²) in [4.78, 5) is 11.6. The van der Waals surface area contributed by atoms with Crippen molar-refractivity contribution in [3.8, 4) is 5.75 Å². The standard InChI is InChI=1S/C14H21N3O4/c1-4-21-14(18)12(15)13(20-3)17(16)9-10-5-7-11(19-2)8-6-10/h5-8H,4,9,15-16H2,1-3H3/b13-12+. The zero-order valence-corrected chi connectivity index (χ0v) is 12.5. The second kappa shape index (κ2) is 8.01. The normalized spacial score (nSPS) is 11.4. The molecule has 7 heteroatoms. The second-order valence-corrected chi connectivity index (χ2v) is 4.12. The number of hydrogen-bond acceptors (Lipinski definition) is 7. The molecule has 21 heavy (non-hydrogen) atoms. The number of nitrogens with zero attached hydrogens (tertiary/aromatic N) is 1. The van der Waals surface area contributed by atoms with Gasteiger partial charge in [0.1, 0.15) is 5.75 Å². The molecule has 0 saturated carbocycles. The van der Waals surface area contributed by atoms with Crippen LogP contribution >= 0.6 is 0 Å². The Morgan fingerprint density at radius 1 is 1.24 bits per heavy atom. The molecule has 0 fully saturated rings.